The third kappa shape index (κ3) is 3.77. The number of aromatic amines is 2. The Morgan fingerprint density at radius 2 is 2.09 bits per heavy atom. The van der Waals surface area contributed by atoms with Crippen LogP contribution in [0.25, 0.3) is 12.2 Å². The highest BCUT2D eigenvalue weighted by Crippen LogP contribution is 2.13. The number of benzene rings is 1. The zero-order valence-corrected chi connectivity index (χ0v) is 12.4. The Bertz CT molecular complexity index is 846. The molecule has 0 atom stereocenters. The van der Waals surface area contributed by atoms with Crippen molar-refractivity contribution in [3.8, 4) is 6.07 Å². The molecule has 1 aromatic carbocycles. The SMILES string of the molecule is N#Cc1c(/C=C/c2ccccc2CCNO)[nH]c(=S)[nH]c1=O. The minimum atomic E-state index is -0.510. The molecule has 1 aromatic heterocycles. The molecular formula is C15H14N4O2S. The van der Waals surface area contributed by atoms with E-state index < -0.39 is 5.56 Å². The van der Waals surface area contributed by atoms with E-state index in [9.17, 15) is 4.79 Å². The first-order chi connectivity index (χ1) is 10.7. The molecule has 1 heterocycles. The van der Waals surface area contributed by atoms with Gasteiger partial charge in [0.05, 0.1) is 5.69 Å². The highest BCUT2D eigenvalue weighted by Gasteiger charge is 2.05. The van der Waals surface area contributed by atoms with Gasteiger partial charge >= 0.3 is 0 Å². The summed E-state index contributed by atoms with van der Waals surface area (Å²) in [6.07, 6.45) is 4.09. The predicted octanol–water partition coefficient (Wildman–Crippen LogP) is 2.00. The first-order valence-corrected chi connectivity index (χ1v) is 6.96. The van der Waals surface area contributed by atoms with Crippen molar-refractivity contribution in [2.75, 3.05) is 6.54 Å². The minimum absolute atomic E-state index is 0.0145. The molecule has 0 bridgehead atoms. The molecule has 4 N–H and O–H groups in total. The molecule has 0 radical (unpaired) electrons. The van der Waals surface area contributed by atoms with Crippen molar-refractivity contribution in [3.05, 3.63) is 61.8 Å². The van der Waals surface area contributed by atoms with Crippen LogP contribution in [0.2, 0.25) is 0 Å². The number of H-pyrrole nitrogens is 2. The van der Waals surface area contributed by atoms with E-state index in [0.29, 0.717) is 18.7 Å². The van der Waals surface area contributed by atoms with Gasteiger partial charge < -0.3 is 10.2 Å². The molecular weight excluding hydrogens is 300 g/mol. The van der Waals surface area contributed by atoms with Crippen LogP contribution in [-0.2, 0) is 6.42 Å². The van der Waals surface area contributed by atoms with Crippen molar-refractivity contribution >= 4 is 24.4 Å². The highest BCUT2D eigenvalue weighted by molar-refractivity contribution is 7.71. The van der Waals surface area contributed by atoms with Crippen LogP contribution in [-0.4, -0.2) is 21.7 Å². The van der Waals surface area contributed by atoms with Gasteiger partial charge in [-0.25, -0.2) is 5.48 Å². The largest absolute Gasteiger partial charge is 0.331 e. The summed E-state index contributed by atoms with van der Waals surface area (Å²) in [7, 11) is 0. The number of nitriles is 1. The summed E-state index contributed by atoms with van der Waals surface area (Å²) in [5.74, 6) is 0. The minimum Gasteiger partial charge on any atom is -0.331 e. The Morgan fingerprint density at radius 1 is 1.32 bits per heavy atom. The smallest absolute Gasteiger partial charge is 0.270 e. The molecule has 2 aromatic rings. The van der Waals surface area contributed by atoms with Gasteiger partial charge in [0.15, 0.2) is 4.77 Å². The molecule has 6 nitrogen and oxygen atoms in total. The monoisotopic (exact) mass is 314 g/mol. The molecule has 0 aliphatic rings. The Balaban J connectivity index is 2.40. The van der Waals surface area contributed by atoms with Gasteiger partial charge in [0.2, 0.25) is 0 Å². The van der Waals surface area contributed by atoms with Gasteiger partial charge in [0.25, 0.3) is 5.56 Å². The maximum atomic E-state index is 11.7. The lowest BCUT2D eigenvalue weighted by Gasteiger charge is -2.05. The van der Waals surface area contributed by atoms with E-state index in [4.69, 9.17) is 22.7 Å². The zero-order valence-electron chi connectivity index (χ0n) is 11.6. The molecule has 22 heavy (non-hydrogen) atoms. The summed E-state index contributed by atoms with van der Waals surface area (Å²) < 4.78 is 0.168. The average Bonchev–Trinajstić information content (AvgIpc) is 2.51. The van der Waals surface area contributed by atoms with Crippen LogP contribution < -0.4 is 11.0 Å². The molecule has 0 aliphatic heterocycles. The van der Waals surface area contributed by atoms with Gasteiger partial charge in [-0.3, -0.25) is 9.78 Å². The Labute approximate surface area is 131 Å². The van der Waals surface area contributed by atoms with E-state index >= 15 is 0 Å². The van der Waals surface area contributed by atoms with Crippen molar-refractivity contribution in [2.45, 2.75) is 6.42 Å². The van der Waals surface area contributed by atoms with E-state index in [1.807, 2.05) is 30.3 Å². The van der Waals surface area contributed by atoms with Gasteiger partial charge in [-0.1, -0.05) is 30.3 Å². The lowest BCUT2D eigenvalue weighted by molar-refractivity contribution is 0.168. The van der Waals surface area contributed by atoms with E-state index in [0.717, 1.165) is 11.1 Å². The maximum absolute atomic E-state index is 11.7. The zero-order chi connectivity index (χ0) is 15.9. The molecule has 2 rings (SSSR count). The third-order valence-electron chi connectivity index (χ3n) is 3.07. The van der Waals surface area contributed by atoms with Crippen molar-refractivity contribution < 1.29 is 5.21 Å². The molecule has 0 saturated carbocycles. The number of nitrogens with one attached hydrogen (secondary N) is 3. The lowest BCUT2D eigenvalue weighted by Crippen LogP contribution is -2.13. The number of hydrogen-bond acceptors (Lipinski definition) is 5. The topological polar surface area (TPSA) is 105 Å². The van der Waals surface area contributed by atoms with Crippen molar-refractivity contribution in [3.63, 3.8) is 0 Å². The van der Waals surface area contributed by atoms with Crippen molar-refractivity contribution in [1.82, 2.24) is 15.4 Å². The summed E-state index contributed by atoms with van der Waals surface area (Å²) >= 11 is 4.92. The van der Waals surface area contributed by atoms with E-state index in [-0.39, 0.29) is 10.3 Å². The van der Waals surface area contributed by atoms with Crippen LogP contribution in [0.4, 0.5) is 0 Å². The summed E-state index contributed by atoms with van der Waals surface area (Å²) in [5, 5.41) is 17.8. The predicted molar refractivity (Wildman–Crippen MR) is 85.8 cm³/mol. The first kappa shape index (κ1) is 15.9. The van der Waals surface area contributed by atoms with Crippen LogP contribution >= 0.6 is 12.2 Å². The number of rotatable bonds is 5. The van der Waals surface area contributed by atoms with Crippen LogP contribution in [0.5, 0.6) is 0 Å². The fourth-order valence-electron chi connectivity index (χ4n) is 2.03. The molecule has 0 aliphatic carbocycles. The quantitative estimate of drug-likeness (QED) is 0.499. The molecule has 112 valence electrons. The fourth-order valence-corrected chi connectivity index (χ4v) is 2.23. The van der Waals surface area contributed by atoms with Crippen LogP contribution in [0.1, 0.15) is 22.4 Å². The van der Waals surface area contributed by atoms with Gasteiger partial charge in [-0.15, -0.1) is 0 Å². The summed E-state index contributed by atoms with van der Waals surface area (Å²) in [5.41, 5.74) is 3.92. The Kier molecular flexibility index (Phi) is 5.38. The molecule has 0 spiro atoms. The van der Waals surface area contributed by atoms with Crippen LogP contribution in [0, 0.1) is 16.1 Å². The summed E-state index contributed by atoms with van der Waals surface area (Å²) in [6, 6.07) is 9.52. The van der Waals surface area contributed by atoms with Gasteiger partial charge in [0, 0.05) is 6.54 Å². The molecule has 0 fully saturated rings. The fraction of sp³-hybridized carbons (Fsp3) is 0.133. The normalized spacial score (nSPS) is 10.7. The van der Waals surface area contributed by atoms with Crippen LogP contribution in [0.3, 0.4) is 0 Å². The van der Waals surface area contributed by atoms with E-state index in [2.05, 4.69) is 15.4 Å². The van der Waals surface area contributed by atoms with Crippen molar-refractivity contribution in [1.29, 1.82) is 5.26 Å². The third-order valence-corrected chi connectivity index (χ3v) is 3.28. The summed E-state index contributed by atoms with van der Waals surface area (Å²) in [6.45, 7) is 0.432. The first-order valence-electron chi connectivity index (χ1n) is 6.55. The number of hydroxylamine groups is 1. The van der Waals surface area contributed by atoms with E-state index in [1.165, 1.54) is 0 Å². The van der Waals surface area contributed by atoms with Gasteiger partial charge in [0.1, 0.15) is 11.6 Å². The highest BCUT2D eigenvalue weighted by atomic mass is 32.1. The Hall–Kier alpha value is -2.53. The standard InChI is InChI=1S/C15H14N4O2S/c16-9-12-13(18-15(22)19-14(12)20)6-5-10-3-1-2-4-11(10)7-8-17-21/h1-6,17,21H,7-8H2,(H2,18,19,20,22)/b6-5+. The van der Waals surface area contributed by atoms with Crippen LogP contribution in [0.15, 0.2) is 29.1 Å². The number of nitrogens with zero attached hydrogens (tertiary/aromatic N) is 1. The average molecular weight is 314 g/mol. The van der Waals surface area contributed by atoms with Gasteiger partial charge in [-0.05, 0) is 35.8 Å². The second-order valence-electron chi connectivity index (χ2n) is 4.50. The second kappa shape index (κ2) is 7.47. The van der Waals surface area contributed by atoms with Gasteiger partial charge in [-0.2, -0.15) is 5.26 Å². The second-order valence-corrected chi connectivity index (χ2v) is 4.91. The Morgan fingerprint density at radius 3 is 2.82 bits per heavy atom. The maximum Gasteiger partial charge on any atom is 0.270 e. The van der Waals surface area contributed by atoms with Crippen molar-refractivity contribution in [2.24, 2.45) is 0 Å². The molecule has 0 saturated heterocycles. The summed E-state index contributed by atoms with van der Waals surface area (Å²) in [4.78, 5) is 16.9. The number of aromatic nitrogens is 2. The molecule has 0 unspecified atom stereocenters. The molecule has 7 heteroatoms. The molecule has 0 amide bonds. The lowest BCUT2D eigenvalue weighted by atomic mass is 10.0. The van der Waals surface area contributed by atoms with E-state index in [1.54, 1.807) is 12.2 Å². The number of hydrogen-bond donors (Lipinski definition) is 4.